The van der Waals surface area contributed by atoms with Crippen molar-refractivity contribution < 1.29 is 8.42 Å². The molecule has 20 heavy (non-hydrogen) atoms. The van der Waals surface area contributed by atoms with Crippen LogP contribution in [-0.4, -0.2) is 38.9 Å². The minimum absolute atomic E-state index is 0. The van der Waals surface area contributed by atoms with Crippen LogP contribution in [-0.2, 0) is 10.0 Å². The van der Waals surface area contributed by atoms with E-state index in [1.54, 1.807) is 7.05 Å². The van der Waals surface area contributed by atoms with Gasteiger partial charge in [-0.2, -0.15) is 4.31 Å². The minimum atomic E-state index is -3.55. The zero-order valence-corrected chi connectivity index (χ0v) is 14.1. The first-order valence-electron chi connectivity index (χ1n) is 6.06. The lowest BCUT2D eigenvalue weighted by molar-refractivity contribution is 0.296. The third-order valence-corrected chi connectivity index (χ3v) is 5.66. The topological polar surface area (TPSA) is 49.4 Å². The Morgan fingerprint density at radius 3 is 2.15 bits per heavy atom. The van der Waals surface area contributed by atoms with Crippen LogP contribution in [0.1, 0.15) is 12.8 Å². The first-order valence-corrected chi connectivity index (χ1v) is 8.26. The molecular formula is C12H17Cl3N2O2S. The highest BCUT2D eigenvalue weighted by Crippen LogP contribution is 2.26. The normalized spacial score (nSPS) is 17.0. The Bertz CT molecular complexity index is 540. The molecule has 0 atom stereocenters. The van der Waals surface area contributed by atoms with E-state index in [1.807, 2.05) is 0 Å². The molecule has 1 saturated heterocycles. The van der Waals surface area contributed by atoms with Crippen molar-refractivity contribution in [2.75, 3.05) is 20.1 Å². The molecule has 4 nitrogen and oxygen atoms in total. The van der Waals surface area contributed by atoms with Gasteiger partial charge < -0.3 is 5.32 Å². The van der Waals surface area contributed by atoms with Crippen molar-refractivity contribution in [2.45, 2.75) is 23.8 Å². The summed E-state index contributed by atoms with van der Waals surface area (Å²) in [6, 6.07) is 4.40. The Hall–Kier alpha value is -0.0400. The molecule has 0 unspecified atom stereocenters. The van der Waals surface area contributed by atoms with Crippen molar-refractivity contribution in [2.24, 2.45) is 0 Å². The van der Waals surface area contributed by atoms with Crippen molar-refractivity contribution in [1.82, 2.24) is 9.62 Å². The van der Waals surface area contributed by atoms with Gasteiger partial charge in [-0.25, -0.2) is 8.42 Å². The lowest BCUT2D eigenvalue weighted by Crippen LogP contribution is -2.43. The van der Waals surface area contributed by atoms with Crippen LogP contribution in [0.5, 0.6) is 0 Å². The molecule has 1 N–H and O–H groups in total. The quantitative estimate of drug-likeness (QED) is 0.903. The molecule has 0 amide bonds. The van der Waals surface area contributed by atoms with Gasteiger partial charge in [-0.05, 0) is 44.1 Å². The highest BCUT2D eigenvalue weighted by Gasteiger charge is 2.29. The SMILES string of the molecule is CN(C1CCNCC1)S(=O)(=O)c1cc(Cl)cc(Cl)c1.Cl. The molecule has 2 rings (SSSR count). The summed E-state index contributed by atoms with van der Waals surface area (Å²) in [5.41, 5.74) is 0. The van der Waals surface area contributed by atoms with Crippen LogP contribution in [0, 0.1) is 0 Å². The summed E-state index contributed by atoms with van der Waals surface area (Å²) in [5, 5.41) is 3.86. The van der Waals surface area contributed by atoms with Gasteiger partial charge in [0.1, 0.15) is 0 Å². The lowest BCUT2D eigenvalue weighted by Gasteiger charge is -2.30. The molecule has 0 saturated carbocycles. The second-order valence-electron chi connectivity index (χ2n) is 4.61. The fourth-order valence-electron chi connectivity index (χ4n) is 2.21. The average Bonchev–Trinajstić information content (AvgIpc) is 2.37. The number of halogens is 3. The van der Waals surface area contributed by atoms with Gasteiger partial charge in [-0.3, -0.25) is 0 Å². The number of piperidine rings is 1. The Balaban J connectivity index is 0.00000200. The van der Waals surface area contributed by atoms with E-state index in [0.717, 1.165) is 25.9 Å². The van der Waals surface area contributed by atoms with Gasteiger partial charge in [0.15, 0.2) is 0 Å². The summed E-state index contributed by atoms with van der Waals surface area (Å²) in [7, 11) is -1.94. The summed E-state index contributed by atoms with van der Waals surface area (Å²) in [6.07, 6.45) is 1.62. The maximum Gasteiger partial charge on any atom is 0.243 e. The second kappa shape index (κ2) is 7.29. The van der Waals surface area contributed by atoms with Gasteiger partial charge in [-0.1, -0.05) is 23.2 Å². The van der Waals surface area contributed by atoms with Crippen LogP contribution >= 0.6 is 35.6 Å². The van der Waals surface area contributed by atoms with Crippen LogP contribution < -0.4 is 5.32 Å². The van der Waals surface area contributed by atoms with Crippen LogP contribution in [0.2, 0.25) is 10.0 Å². The van der Waals surface area contributed by atoms with Crippen molar-refractivity contribution >= 4 is 45.6 Å². The highest BCUT2D eigenvalue weighted by atomic mass is 35.5. The monoisotopic (exact) mass is 358 g/mol. The predicted molar refractivity (Wildman–Crippen MR) is 84.6 cm³/mol. The van der Waals surface area contributed by atoms with Crippen LogP contribution in [0.3, 0.4) is 0 Å². The number of benzene rings is 1. The third-order valence-electron chi connectivity index (χ3n) is 3.34. The van der Waals surface area contributed by atoms with Gasteiger partial charge >= 0.3 is 0 Å². The molecule has 0 aliphatic carbocycles. The molecule has 0 aromatic heterocycles. The maximum atomic E-state index is 12.5. The molecule has 1 heterocycles. The van der Waals surface area contributed by atoms with E-state index in [-0.39, 0.29) is 23.3 Å². The van der Waals surface area contributed by atoms with Crippen molar-refractivity contribution in [3.8, 4) is 0 Å². The number of sulfonamides is 1. The molecule has 0 spiro atoms. The predicted octanol–water partition coefficient (Wildman–Crippen LogP) is 2.79. The number of nitrogens with one attached hydrogen (secondary N) is 1. The molecule has 1 aliphatic heterocycles. The molecule has 8 heteroatoms. The standard InChI is InChI=1S/C12H16Cl2N2O2S.ClH/c1-16(11-2-4-15-5-3-11)19(17,18)12-7-9(13)6-10(14)8-12;/h6-8,11,15H,2-5H2,1H3;1H. The first-order chi connectivity index (χ1) is 8.91. The van der Waals surface area contributed by atoms with Crippen molar-refractivity contribution in [3.63, 3.8) is 0 Å². The number of hydrogen-bond acceptors (Lipinski definition) is 3. The lowest BCUT2D eigenvalue weighted by atomic mass is 10.1. The van der Waals surface area contributed by atoms with E-state index in [2.05, 4.69) is 5.32 Å². The maximum absolute atomic E-state index is 12.5. The van der Waals surface area contributed by atoms with Crippen LogP contribution in [0.25, 0.3) is 0 Å². The minimum Gasteiger partial charge on any atom is -0.317 e. The number of rotatable bonds is 3. The van der Waals surface area contributed by atoms with E-state index in [4.69, 9.17) is 23.2 Å². The molecule has 114 valence electrons. The van der Waals surface area contributed by atoms with Gasteiger partial charge in [0, 0.05) is 23.1 Å². The molecule has 1 aliphatic rings. The molecule has 1 aromatic rings. The average molecular weight is 360 g/mol. The first kappa shape index (κ1) is 18.0. The Kier molecular flexibility index (Phi) is 6.57. The fraction of sp³-hybridized carbons (Fsp3) is 0.500. The van der Waals surface area contributed by atoms with Crippen molar-refractivity contribution in [3.05, 3.63) is 28.2 Å². The number of nitrogens with zero attached hydrogens (tertiary/aromatic N) is 1. The summed E-state index contributed by atoms with van der Waals surface area (Å²) in [5.74, 6) is 0. The Morgan fingerprint density at radius 2 is 1.65 bits per heavy atom. The zero-order valence-electron chi connectivity index (χ0n) is 11.0. The highest BCUT2D eigenvalue weighted by molar-refractivity contribution is 7.89. The largest absolute Gasteiger partial charge is 0.317 e. The third kappa shape index (κ3) is 4.00. The summed E-state index contributed by atoms with van der Waals surface area (Å²) >= 11 is 11.7. The molecule has 0 radical (unpaired) electrons. The van der Waals surface area contributed by atoms with E-state index in [0.29, 0.717) is 10.0 Å². The van der Waals surface area contributed by atoms with Gasteiger partial charge in [0.2, 0.25) is 10.0 Å². The van der Waals surface area contributed by atoms with Crippen molar-refractivity contribution in [1.29, 1.82) is 0 Å². The Labute approximate surface area is 135 Å². The molecular weight excluding hydrogens is 343 g/mol. The van der Waals surface area contributed by atoms with Crippen LogP contribution in [0.4, 0.5) is 0 Å². The second-order valence-corrected chi connectivity index (χ2v) is 7.48. The van der Waals surface area contributed by atoms with Gasteiger partial charge in [0.05, 0.1) is 4.90 Å². The summed E-state index contributed by atoms with van der Waals surface area (Å²) in [6.45, 7) is 1.67. The van der Waals surface area contributed by atoms with Gasteiger partial charge in [-0.15, -0.1) is 12.4 Å². The van der Waals surface area contributed by atoms with E-state index in [1.165, 1.54) is 22.5 Å². The smallest absolute Gasteiger partial charge is 0.243 e. The molecule has 0 bridgehead atoms. The zero-order chi connectivity index (χ0) is 14.0. The fourth-order valence-corrected chi connectivity index (χ4v) is 4.35. The Morgan fingerprint density at radius 1 is 1.15 bits per heavy atom. The molecule has 1 fully saturated rings. The number of hydrogen-bond donors (Lipinski definition) is 1. The van der Waals surface area contributed by atoms with Crippen LogP contribution in [0.15, 0.2) is 23.1 Å². The van der Waals surface area contributed by atoms with E-state index < -0.39 is 10.0 Å². The summed E-state index contributed by atoms with van der Waals surface area (Å²) in [4.78, 5) is 0.144. The van der Waals surface area contributed by atoms with E-state index in [9.17, 15) is 8.42 Å². The van der Waals surface area contributed by atoms with Gasteiger partial charge in [0.25, 0.3) is 0 Å². The van der Waals surface area contributed by atoms with E-state index >= 15 is 0 Å². The molecule has 1 aromatic carbocycles. The summed E-state index contributed by atoms with van der Waals surface area (Å²) < 4.78 is 26.5.